The lowest BCUT2D eigenvalue weighted by atomic mass is 10.0. The Labute approximate surface area is 196 Å². The summed E-state index contributed by atoms with van der Waals surface area (Å²) in [6.45, 7) is 4.46. The van der Waals surface area contributed by atoms with E-state index in [0.29, 0.717) is 31.6 Å². The number of amides is 2. The van der Waals surface area contributed by atoms with Gasteiger partial charge in [0.15, 0.2) is 0 Å². The second-order valence-electron chi connectivity index (χ2n) is 8.57. The number of carbonyl (C=O) groups is 1. The van der Waals surface area contributed by atoms with Crippen LogP contribution in [0.15, 0.2) is 30.3 Å². The molecule has 1 atom stereocenters. The number of benzene rings is 1. The van der Waals surface area contributed by atoms with E-state index in [9.17, 15) is 18.0 Å². The van der Waals surface area contributed by atoms with Crippen LogP contribution in [0.2, 0.25) is 5.02 Å². The minimum Gasteiger partial charge on any atom is -0.370 e. The molecule has 0 bridgehead atoms. The fourth-order valence-corrected chi connectivity index (χ4v) is 4.89. The summed E-state index contributed by atoms with van der Waals surface area (Å²) >= 11 is 5.77. The van der Waals surface area contributed by atoms with E-state index in [1.807, 2.05) is 6.92 Å². The number of aryl methyl sites for hydroxylation is 2. The summed E-state index contributed by atoms with van der Waals surface area (Å²) in [6.07, 6.45) is -0.307. The maximum absolute atomic E-state index is 13.3. The zero-order valence-electron chi connectivity index (χ0n) is 18.6. The summed E-state index contributed by atoms with van der Waals surface area (Å²) < 4.78 is 39.9. The molecular formula is C24H28ClF3N4O. The quantitative estimate of drug-likeness (QED) is 0.534. The molecular weight excluding hydrogens is 453 g/mol. The first-order valence-electron chi connectivity index (χ1n) is 11.4. The summed E-state index contributed by atoms with van der Waals surface area (Å²) in [4.78, 5) is 21.2. The topological polar surface area (TPSA) is 48.5 Å². The van der Waals surface area contributed by atoms with Crippen LogP contribution in [0.4, 0.5) is 23.8 Å². The Morgan fingerprint density at radius 1 is 1.21 bits per heavy atom. The van der Waals surface area contributed by atoms with Crippen molar-refractivity contribution < 1.29 is 18.0 Å². The minimum absolute atomic E-state index is 0.134. The molecule has 2 amide bonds. The zero-order valence-corrected chi connectivity index (χ0v) is 19.3. The minimum atomic E-state index is -4.54. The lowest BCUT2D eigenvalue weighted by Crippen LogP contribution is -2.35. The third kappa shape index (κ3) is 5.21. The number of fused-ring (bicyclic) bond motifs is 1. The van der Waals surface area contributed by atoms with Crippen molar-refractivity contribution in [3.8, 4) is 0 Å². The average molecular weight is 481 g/mol. The molecule has 5 nitrogen and oxygen atoms in total. The Hall–Kier alpha value is -2.48. The van der Waals surface area contributed by atoms with Crippen LogP contribution in [0.25, 0.3) is 0 Å². The average Bonchev–Trinajstić information content (AvgIpc) is 3.14. The molecule has 3 heterocycles. The monoisotopic (exact) mass is 480 g/mol. The van der Waals surface area contributed by atoms with E-state index in [-0.39, 0.29) is 11.1 Å². The van der Waals surface area contributed by atoms with Gasteiger partial charge in [-0.05, 0) is 61.4 Å². The molecule has 0 spiro atoms. The van der Waals surface area contributed by atoms with Crippen LogP contribution in [0.5, 0.6) is 0 Å². The van der Waals surface area contributed by atoms with E-state index in [2.05, 4.69) is 17.4 Å². The van der Waals surface area contributed by atoms with Crippen molar-refractivity contribution in [1.82, 2.24) is 14.8 Å². The molecule has 1 saturated heterocycles. The van der Waals surface area contributed by atoms with E-state index in [4.69, 9.17) is 16.6 Å². The molecule has 0 radical (unpaired) electrons. The maximum Gasteiger partial charge on any atom is 0.417 e. The third-order valence-electron chi connectivity index (χ3n) is 6.38. The molecule has 0 aliphatic carbocycles. The van der Waals surface area contributed by atoms with E-state index < -0.39 is 17.8 Å². The van der Waals surface area contributed by atoms with Gasteiger partial charge in [-0.2, -0.15) is 13.2 Å². The van der Waals surface area contributed by atoms with E-state index in [1.54, 1.807) is 15.9 Å². The number of pyridine rings is 1. The maximum atomic E-state index is 13.3. The standard InChI is InChI=1S/C24H28ClF3N4O/c1-2-21(17-8-10-20(25)19(15-17)24(26,27)28)32-14-13-31(23(32)33)12-4-6-18-9-7-16-5-3-11-29-22(16)30-18/h7-10,15,21H,2-6,11-14H2,1H3,(H,29,30)/t21-/m0/s1. The molecule has 2 aliphatic rings. The third-order valence-corrected chi connectivity index (χ3v) is 6.71. The van der Waals surface area contributed by atoms with E-state index in [0.717, 1.165) is 49.8 Å². The highest BCUT2D eigenvalue weighted by Gasteiger charge is 2.37. The number of carbonyl (C=O) groups excluding carboxylic acids is 1. The second kappa shape index (κ2) is 9.79. The summed E-state index contributed by atoms with van der Waals surface area (Å²) in [5.74, 6) is 0.967. The highest BCUT2D eigenvalue weighted by molar-refractivity contribution is 6.31. The van der Waals surface area contributed by atoms with Crippen LogP contribution in [0.3, 0.4) is 0 Å². The van der Waals surface area contributed by atoms with E-state index in [1.165, 1.54) is 11.6 Å². The summed E-state index contributed by atoms with van der Waals surface area (Å²) in [5, 5.41) is 3.01. The lowest BCUT2D eigenvalue weighted by Gasteiger charge is -2.28. The molecule has 1 N–H and O–H groups in total. The Kier molecular flexibility index (Phi) is 7.02. The molecule has 1 aromatic carbocycles. The molecule has 33 heavy (non-hydrogen) atoms. The molecule has 1 aromatic heterocycles. The lowest BCUT2D eigenvalue weighted by molar-refractivity contribution is -0.137. The van der Waals surface area contributed by atoms with Gasteiger partial charge in [0, 0.05) is 31.9 Å². The molecule has 178 valence electrons. The molecule has 4 rings (SSSR count). The highest BCUT2D eigenvalue weighted by Crippen LogP contribution is 2.38. The van der Waals surface area contributed by atoms with Gasteiger partial charge in [-0.15, -0.1) is 0 Å². The highest BCUT2D eigenvalue weighted by atomic mass is 35.5. The molecule has 9 heteroatoms. The van der Waals surface area contributed by atoms with Crippen LogP contribution >= 0.6 is 11.6 Å². The van der Waals surface area contributed by atoms with Gasteiger partial charge in [-0.3, -0.25) is 0 Å². The van der Waals surface area contributed by atoms with E-state index >= 15 is 0 Å². The van der Waals surface area contributed by atoms with Crippen LogP contribution in [0, 0.1) is 0 Å². The number of halogens is 4. The van der Waals surface area contributed by atoms with Gasteiger partial charge >= 0.3 is 12.2 Å². The number of alkyl halides is 3. The molecule has 0 unspecified atom stereocenters. The Balaban J connectivity index is 1.38. The second-order valence-corrected chi connectivity index (χ2v) is 8.98. The smallest absolute Gasteiger partial charge is 0.370 e. The number of hydrogen-bond donors (Lipinski definition) is 1. The molecule has 0 saturated carbocycles. The van der Waals surface area contributed by atoms with Gasteiger partial charge in [0.2, 0.25) is 0 Å². The van der Waals surface area contributed by atoms with Gasteiger partial charge in [0.25, 0.3) is 0 Å². The number of nitrogens with zero attached hydrogens (tertiary/aromatic N) is 3. The predicted molar refractivity (Wildman–Crippen MR) is 123 cm³/mol. The van der Waals surface area contributed by atoms with Crippen molar-refractivity contribution in [1.29, 1.82) is 0 Å². The number of anilines is 1. The van der Waals surface area contributed by atoms with Crippen molar-refractivity contribution >= 4 is 23.4 Å². The number of aromatic nitrogens is 1. The summed E-state index contributed by atoms with van der Waals surface area (Å²) in [6, 6.07) is 7.54. The van der Waals surface area contributed by atoms with Crippen LogP contribution < -0.4 is 5.32 Å². The molecule has 2 aromatic rings. The van der Waals surface area contributed by atoms with Crippen molar-refractivity contribution in [2.75, 3.05) is 31.5 Å². The number of hydrogen-bond acceptors (Lipinski definition) is 3. The van der Waals surface area contributed by atoms with Crippen molar-refractivity contribution in [3.63, 3.8) is 0 Å². The van der Waals surface area contributed by atoms with Crippen molar-refractivity contribution in [2.24, 2.45) is 0 Å². The number of urea groups is 1. The fraction of sp³-hybridized carbons (Fsp3) is 0.500. The van der Waals surface area contributed by atoms with Crippen molar-refractivity contribution in [2.45, 2.75) is 51.2 Å². The zero-order chi connectivity index (χ0) is 23.6. The Bertz CT molecular complexity index is 1010. The molecule has 2 aliphatic heterocycles. The summed E-state index contributed by atoms with van der Waals surface area (Å²) in [5.41, 5.74) is 1.83. The SMILES string of the molecule is CC[C@@H](c1ccc(Cl)c(C(F)(F)F)c1)N1CCN(CCCc2ccc3c(n2)NCCC3)C1=O. The van der Waals surface area contributed by atoms with Gasteiger partial charge in [0.1, 0.15) is 5.82 Å². The normalized spacial score (nSPS) is 17.2. The van der Waals surface area contributed by atoms with Gasteiger partial charge in [0.05, 0.1) is 16.6 Å². The molecule has 1 fully saturated rings. The first-order valence-corrected chi connectivity index (χ1v) is 11.8. The number of nitrogens with one attached hydrogen (secondary N) is 1. The fourth-order valence-electron chi connectivity index (χ4n) is 4.66. The van der Waals surface area contributed by atoms with Gasteiger partial charge < -0.3 is 15.1 Å². The predicted octanol–water partition coefficient (Wildman–Crippen LogP) is 5.93. The number of rotatable bonds is 7. The van der Waals surface area contributed by atoms with Crippen LogP contribution in [-0.4, -0.2) is 47.0 Å². The van der Waals surface area contributed by atoms with Crippen LogP contribution in [-0.2, 0) is 19.0 Å². The summed E-state index contributed by atoms with van der Waals surface area (Å²) in [7, 11) is 0. The van der Waals surface area contributed by atoms with Crippen molar-refractivity contribution in [3.05, 3.63) is 57.7 Å². The first-order chi connectivity index (χ1) is 15.8. The first kappa shape index (κ1) is 23.7. The Morgan fingerprint density at radius 3 is 2.79 bits per heavy atom. The largest absolute Gasteiger partial charge is 0.417 e. The Morgan fingerprint density at radius 2 is 2.03 bits per heavy atom. The van der Waals surface area contributed by atoms with Gasteiger partial charge in [-0.1, -0.05) is 30.7 Å². The van der Waals surface area contributed by atoms with Crippen LogP contribution in [0.1, 0.15) is 54.6 Å². The van der Waals surface area contributed by atoms with Gasteiger partial charge in [-0.25, -0.2) is 9.78 Å².